The number of aromatic carboxylic acids is 1. The molecule has 0 spiro atoms. The fourth-order valence-electron chi connectivity index (χ4n) is 4.09. The summed E-state index contributed by atoms with van der Waals surface area (Å²) in [6.07, 6.45) is -1.48. The van der Waals surface area contributed by atoms with Gasteiger partial charge in [-0.05, 0) is 53.9 Å². The lowest BCUT2D eigenvalue weighted by Gasteiger charge is -2.11. The molecule has 0 aliphatic carbocycles. The van der Waals surface area contributed by atoms with Crippen molar-refractivity contribution in [2.75, 3.05) is 10.6 Å². The molecule has 0 aliphatic heterocycles. The van der Waals surface area contributed by atoms with Crippen molar-refractivity contribution in [3.63, 3.8) is 0 Å². The Hall–Kier alpha value is -5.58. The fraction of sp³-hybridized carbons (Fsp3) is 0. The third-order valence-corrected chi connectivity index (χ3v) is 7.28. The highest BCUT2D eigenvalue weighted by Crippen LogP contribution is 2.40. The lowest BCUT2D eigenvalue weighted by molar-refractivity contribution is 0.0693. The number of para-hydroxylation sites is 1. The number of phenols is 1. The number of nitrogens with one attached hydrogen (secondary N) is 2. The molecule has 0 atom stereocenters. The number of aromatic nitrogens is 2. The van der Waals surface area contributed by atoms with Crippen LogP contribution in [-0.2, 0) is 10.1 Å². The maximum atomic E-state index is 13.8. The van der Waals surface area contributed by atoms with Crippen molar-refractivity contribution >= 4 is 72.9 Å². The minimum atomic E-state index is -4.87. The Morgan fingerprint density at radius 3 is 2.33 bits per heavy atom. The van der Waals surface area contributed by atoms with Crippen LogP contribution < -0.4 is 10.6 Å². The van der Waals surface area contributed by atoms with Crippen LogP contribution in [0.15, 0.2) is 87.9 Å². The molecular formula is C28H17ClF2N6O7S. The van der Waals surface area contributed by atoms with Crippen molar-refractivity contribution in [3.05, 3.63) is 101 Å². The molecule has 5 N–H and O–H groups in total. The molecule has 0 aliphatic rings. The number of rotatable bonds is 8. The van der Waals surface area contributed by atoms with Gasteiger partial charge in [0.25, 0.3) is 16.0 Å². The van der Waals surface area contributed by atoms with Crippen molar-refractivity contribution in [1.29, 1.82) is 0 Å². The molecule has 228 valence electrons. The molecule has 1 heterocycles. The van der Waals surface area contributed by atoms with Gasteiger partial charge in [-0.1, -0.05) is 35.9 Å². The second-order valence-electron chi connectivity index (χ2n) is 9.14. The number of fused-ring (bicyclic) bond motifs is 1. The van der Waals surface area contributed by atoms with E-state index in [1.807, 2.05) is 0 Å². The van der Waals surface area contributed by atoms with Gasteiger partial charge in [-0.25, -0.2) is 4.79 Å². The first kappa shape index (κ1) is 30.9. The molecule has 5 rings (SSSR count). The zero-order valence-electron chi connectivity index (χ0n) is 22.2. The second-order valence-corrected chi connectivity index (χ2v) is 10.9. The van der Waals surface area contributed by atoms with E-state index >= 15 is 0 Å². The van der Waals surface area contributed by atoms with Crippen LogP contribution in [0.3, 0.4) is 0 Å². The van der Waals surface area contributed by atoms with Gasteiger partial charge in [-0.2, -0.15) is 32.3 Å². The van der Waals surface area contributed by atoms with Crippen LogP contribution in [-0.4, -0.2) is 45.0 Å². The molecule has 4 aromatic carbocycles. The number of carboxylic acid groups (broad SMARTS) is 1. The maximum Gasteiger partial charge on any atom is 0.339 e. The molecule has 0 radical (unpaired) electrons. The quantitative estimate of drug-likeness (QED) is 0.0523. The minimum Gasteiger partial charge on any atom is -0.505 e. The van der Waals surface area contributed by atoms with E-state index in [-0.39, 0.29) is 33.4 Å². The van der Waals surface area contributed by atoms with Crippen LogP contribution in [0, 0.1) is 12.0 Å². The summed E-state index contributed by atoms with van der Waals surface area (Å²) in [5, 5.41) is 33.0. The summed E-state index contributed by atoms with van der Waals surface area (Å²) in [5.41, 5.74) is -0.758. The maximum absolute atomic E-state index is 13.8. The van der Waals surface area contributed by atoms with Gasteiger partial charge in [0.1, 0.15) is 16.3 Å². The molecule has 17 heteroatoms. The zero-order valence-corrected chi connectivity index (χ0v) is 23.8. The highest BCUT2D eigenvalue weighted by atomic mass is 35.5. The first-order valence-corrected chi connectivity index (χ1v) is 14.2. The number of hydrogen-bond donors (Lipinski definition) is 5. The van der Waals surface area contributed by atoms with Crippen molar-refractivity contribution < 1.29 is 41.6 Å². The number of aromatic hydroxyl groups is 1. The van der Waals surface area contributed by atoms with Gasteiger partial charge in [0.15, 0.2) is 11.6 Å². The molecule has 0 fully saturated rings. The van der Waals surface area contributed by atoms with Crippen LogP contribution in [0.4, 0.5) is 37.3 Å². The standard InChI is InChI=1S/C28H17ClF2N6O7S/c29-21-24(30)34-28(31)35-25(21)32-16-10-17(12-18(11-16)45(42,43)44)36-37-22-19-7-6-13(26(39)33-15-4-2-1-3-5-15)8-14(19)9-20(23(22)38)27(40)41/h1-12,38H,(H,33,39)(H,40,41)(H,32,34,35)(H,42,43,44). The average molecular weight is 655 g/mol. The molecule has 1 aromatic heterocycles. The average Bonchev–Trinajstić information content (AvgIpc) is 2.98. The minimum absolute atomic E-state index is 0.157. The molecule has 0 saturated heterocycles. The van der Waals surface area contributed by atoms with Crippen molar-refractivity contribution in [2.24, 2.45) is 10.2 Å². The lowest BCUT2D eigenvalue weighted by atomic mass is 10.0. The van der Waals surface area contributed by atoms with E-state index in [0.717, 1.165) is 24.3 Å². The fourth-order valence-corrected chi connectivity index (χ4v) is 4.77. The molecule has 5 aromatic rings. The Kier molecular flexibility index (Phi) is 8.36. The van der Waals surface area contributed by atoms with E-state index in [1.54, 1.807) is 30.3 Å². The van der Waals surface area contributed by atoms with E-state index < -0.39 is 61.1 Å². The first-order chi connectivity index (χ1) is 21.3. The third kappa shape index (κ3) is 6.82. The molecule has 13 nitrogen and oxygen atoms in total. The van der Waals surface area contributed by atoms with Crippen molar-refractivity contribution in [1.82, 2.24) is 9.97 Å². The number of azo groups is 1. The van der Waals surface area contributed by atoms with Crippen LogP contribution in [0.2, 0.25) is 5.02 Å². The Morgan fingerprint density at radius 2 is 1.64 bits per heavy atom. The van der Waals surface area contributed by atoms with Crippen LogP contribution in [0.25, 0.3) is 10.8 Å². The number of anilines is 3. The van der Waals surface area contributed by atoms with Crippen molar-refractivity contribution in [2.45, 2.75) is 4.90 Å². The van der Waals surface area contributed by atoms with Gasteiger partial charge in [0.05, 0.1) is 10.6 Å². The normalized spacial score (nSPS) is 11.6. The summed E-state index contributed by atoms with van der Waals surface area (Å²) in [7, 11) is -4.87. The van der Waals surface area contributed by atoms with Gasteiger partial charge in [0, 0.05) is 22.3 Å². The smallest absolute Gasteiger partial charge is 0.339 e. The number of hydrogen-bond acceptors (Lipinski definition) is 10. The van der Waals surface area contributed by atoms with Gasteiger partial charge in [-0.15, -0.1) is 5.11 Å². The summed E-state index contributed by atoms with van der Waals surface area (Å²) in [6, 6.07) is 16.8. The summed E-state index contributed by atoms with van der Waals surface area (Å²) >= 11 is 5.77. The molecule has 0 unspecified atom stereocenters. The van der Waals surface area contributed by atoms with E-state index in [2.05, 4.69) is 30.8 Å². The monoisotopic (exact) mass is 654 g/mol. The first-order valence-electron chi connectivity index (χ1n) is 12.4. The highest BCUT2D eigenvalue weighted by molar-refractivity contribution is 7.85. The summed E-state index contributed by atoms with van der Waals surface area (Å²) in [5.74, 6) is -4.79. The molecule has 1 amide bonds. The van der Waals surface area contributed by atoms with Crippen LogP contribution in [0.1, 0.15) is 20.7 Å². The van der Waals surface area contributed by atoms with Crippen molar-refractivity contribution in [3.8, 4) is 5.75 Å². The predicted molar refractivity (Wildman–Crippen MR) is 158 cm³/mol. The van der Waals surface area contributed by atoms with Crippen LogP contribution in [0.5, 0.6) is 5.75 Å². The number of amides is 1. The largest absolute Gasteiger partial charge is 0.505 e. The number of nitrogens with zero attached hydrogens (tertiary/aromatic N) is 4. The summed E-state index contributed by atoms with van der Waals surface area (Å²) in [6.45, 7) is 0. The molecule has 0 bridgehead atoms. The number of carbonyl (C=O) groups is 2. The van der Waals surface area contributed by atoms with E-state index in [4.69, 9.17) is 11.6 Å². The van der Waals surface area contributed by atoms with E-state index in [0.29, 0.717) is 5.69 Å². The summed E-state index contributed by atoms with van der Waals surface area (Å²) < 4.78 is 60.9. The number of carbonyl (C=O) groups excluding carboxylic acids is 1. The lowest BCUT2D eigenvalue weighted by Crippen LogP contribution is -2.11. The Bertz CT molecular complexity index is 2150. The topological polar surface area (TPSA) is 204 Å². The van der Waals surface area contributed by atoms with Gasteiger partial charge >= 0.3 is 12.0 Å². The number of benzene rings is 4. The Labute approximate surface area is 256 Å². The molecular weight excluding hydrogens is 638 g/mol. The summed E-state index contributed by atoms with van der Waals surface area (Å²) in [4.78, 5) is 30.1. The van der Waals surface area contributed by atoms with Gasteiger partial charge in [0.2, 0.25) is 5.95 Å². The Balaban J connectivity index is 1.58. The van der Waals surface area contributed by atoms with Gasteiger partial charge in [-0.3, -0.25) is 9.35 Å². The second kappa shape index (κ2) is 12.2. The highest BCUT2D eigenvalue weighted by Gasteiger charge is 2.20. The SMILES string of the molecule is O=C(Nc1ccccc1)c1ccc2c(N=Nc3cc(Nc4nc(F)nc(F)c4Cl)cc(S(=O)(=O)O)c3)c(O)c(C(=O)O)cc2c1. The number of halogens is 3. The third-order valence-electron chi connectivity index (χ3n) is 6.11. The van der Waals surface area contributed by atoms with Gasteiger partial charge < -0.3 is 20.8 Å². The Morgan fingerprint density at radius 1 is 0.911 bits per heavy atom. The van der Waals surface area contributed by atoms with E-state index in [9.17, 15) is 41.6 Å². The number of carboxylic acids is 1. The molecule has 45 heavy (non-hydrogen) atoms. The zero-order chi connectivity index (χ0) is 32.5. The van der Waals surface area contributed by atoms with E-state index in [1.165, 1.54) is 18.2 Å². The van der Waals surface area contributed by atoms with Crippen LogP contribution >= 0.6 is 11.6 Å². The molecule has 0 saturated carbocycles. The predicted octanol–water partition coefficient (Wildman–Crippen LogP) is 6.62.